The maximum absolute atomic E-state index is 11.4. The Morgan fingerprint density at radius 2 is 2.25 bits per heavy atom. The molecule has 1 aromatic rings. The van der Waals surface area contributed by atoms with Gasteiger partial charge in [0.25, 0.3) is 5.56 Å². The first-order valence-electron chi connectivity index (χ1n) is 4.65. The highest BCUT2D eigenvalue weighted by Gasteiger charge is 2.05. The number of rotatable bonds is 4. The zero-order chi connectivity index (χ0) is 12.1. The molecule has 0 spiro atoms. The minimum absolute atomic E-state index is 0.0917. The Balaban J connectivity index is 2.66. The molecule has 1 heterocycles. The lowest BCUT2D eigenvalue weighted by Crippen LogP contribution is -2.24. The molecular weight excluding hydrogens is 274 g/mol. The van der Waals surface area contributed by atoms with Crippen LogP contribution in [0.2, 0.25) is 0 Å². The molecule has 4 nitrogen and oxygen atoms in total. The van der Waals surface area contributed by atoms with Gasteiger partial charge in [0, 0.05) is 16.7 Å². The van der Waals surface area contributed by atoms with Gasteiger partial charge in [-0.2, -0.15) is 0 Å². The summed E-state index contributed by atoms with van der Waals surface area (Å²) in [6.07, 6.45) is 1.55. The summed E-state index contributed by atoms with van der Waals surface area (Å²) in [7, 11) is 0. The highest BCUT2D eigenvalue weighted by atomic mass is 79.9. The molecule has 0 unspecified atom stereocenters. The van der Waals surface area contributed by atoms with Gasteiger partial charge in [-0.25, -0.2) is 0 Å². The molecule has 0 saturated carbocycles. The van der Waals surface area contributed by atoms with Crippen LogP contribution in [0.25, 0.3) is 0 Å². The fourth-order valence-corrected chi connectivity index (χ4v) is 1.39. The first-order valence-corrected chi connectivity index (χ1v) is 5.44. The summed E-state index contributed by atoms with van der Waals surface area (Å²) in [4.78, 5) is 22.7. The molecule has 0 N–H and O–H groups in total. The number of hydrogen-bond acceptors (Lipinski definition) is 3. The summed E-state index contributed by atoms with van der Waals surface area (Å²) < 4.78 is 6.91. The molecule has 0 amide bonds. The van der Waals surface area contributed by atoms with Crippen LogP contribution >= 0.6 is 15.9 Å². The summed E-state index contributed by atoms with van der Waals surface area (Å²) in [5.41, 5.74) is 0.519. The average molecular weight is 286 g/mol. The van der Waals surface area contributed by atoms with Crippen LogP contribution in [0.4, 0.5) is 0 Å². The second kappa shape index (κ2) is 5.65. The zero-order valence-electron chi connectivity index (χ0n) is 8.90. The van der Waals surface area contributed by atoms with E-state index in [0.29, 0.717) is 0 Å². The van der Waals surface area contributed by atoms with Crippen LogP contribution < -0.4 is 5.56 Å². The normalized spacial score (nSPS) is 9.88. The molecular formula is C11H12BrNO3. The fourth-order valence-electron chi connectivity index (χ4n) is 1.01. The van der Waals surface area contributed by atoms with Gasteiger partial charge >= 0.3 is 5.97 Å². The van der Waals surface area contributed by atoms with Crippen LogP contribution in [0.15, 0.2) is 39.7 Å². The third-order valence-electron chi connectivity index (χ3n) is 1.73. The average Bonchev–Trinajstić information content (AvgIpc) is 2.20. The van der Waals surface area contributed by atoms with Gasteiger partial charge in [0.2, 0.25) is 0 Å². The van der Waals surface area contributed by atoms with Gasteiger partial charge in [-0.1, -0.05) is 6.58 Å². The van der Waals surface area contributed by atoms with Crippen LogP contribution in [0.1, 0.15) is 6.92 Å². The molecule has 0 aliphatic rings. The van der Waals surface area contributed by atoms with Gasteiger partial charge in [-0.3, -0.25) is 9.59 Å². The number of halogens is 1. The van der Waals surface area contributed by atoms with Crippen LogP contribution in [0.5, 0.6) is 0 Å². The molecule has 1 aromatic heterocycles. The quantitative estimate of drug-likeness (QED) is 0.625. The molecule has 0 saturated heterocycles. The molecule has 86 valence electrons. The maximum atomic E-state index is 11.4. The third-order valence-corrected chi connectivity index (χ3v) is 2.20. The van der Waals surface area contributed by atoms with E-state index in [1.807, 2.05) is 0 Å². The van der Waals surface area contributed by atoms with Gasteiger partial charge in [-0.05, 0) is 34.5 Å². The van der Waals surface area contributed by atoms with Crippen molar-refractivity contribution in [2.24, 2.45) is 0 Å². The molecule has 16 heavy (non-hydrogen) atoms. The lowest BCUT2D eigenvalue weighted by Gasteiger charge is -2.06. The van der Waals surface area contributed by atoms with Crippen molar-refractivity contribution in [1.82, 2.24) is 4.57 Å². The number of carbonyl (C=O) groups is 1. The first kappa shape index (κ1) is 12.7. The van der Waals surface area contributed by atoms with E-state index in [-0.39, 0.29) is 18.7 Å². The number of ether oxygens (including phenoxy) is 1. The molecule has 0 radical (unpaired) electrons. The Morgan fingerprint density at radius 1 is 1.56 bits per heavy atom. The van der Waals surface area contributed by atoms with Crippen molar-refractivity contribution in [3.8, 4) is 0 Å². The van der Waals surface area contributed by atoms with Crippen LogP contribution in [0, 0.1) is 0 Å². The standard InChI is InChI=1S/C11H12BrNO3/c1-8(2)7-16-11(15)6-13-5-9(12)3-4-10(13)14/h3-5H,1,6-7H2,2H3. The van der Waals surface area contributed by atoms with E-state index in [0.717, 1.165) is 10.0 Å². The number of aromatic nitrogens is 1. The summed E-state index contributed by atoms with van der Waals surface area (Å²) >= 11 is 3.22. The van der Waals surface area contributed by atoms with E-state index < -0.39 is 5.97 Å². The van der Waals surface area contributed by atoms with Crippen molar-refractivity contribution in [1.29, 1.82) is 0 Å². The number of carbonyl (C=O) groups excluding carboxylic acids is 1. The molecule has 0 atom stereocenters. The maximum Gasteiger partial charge on any atom is 0.326 e. The summed E-state index contributed by atoms with van der Waals surface area (Å²) in [5.74, 6) is -0.455. The predicted octanol–water partition coefficient (Wildman–Crippen LogP) is 1.73. The van der Waals surface area contributed by atoms with Crippen LogP contribution in [-0.2, 0) is 16.1 Å². The zero-order valence-corrected chi connectivity index (χ0v) is 10.5. The highest BCUT2D eigenvalue weighted by Crippen LogP contribution is 2.04. The van der Waals surface area contributed by atoms with Crippen LogP contribution in [0.3, 0.4) is 0 Å². The minimum Gasteiger partial charge on any atom is -0.460 e. The predicted molar refractivity (Wildman–Crippen MR) is 64.2 cm³/mol. The first-order chi connectivity index (χ1) is 7.49. The van der Waals surface area contributed by atoms with Crippen molar-refractivity contribution in [2.45, 2.75) is 13.5 Å². The molecule has 0 bridgehead atoms. The van der Waals surface area contributed by atoms with Gasteiger partial charge in [0.15, 0.2) is 0 Å². The highest BCUT2D eigenvalue weighted by molar-refractivity contribution is 9.10. The van der Waals surface area contributed by atoms with Crippen LogP contribution in [-0.4, -0.2) is 17.1 Å². The summed E-state index contributed by atoms with van der Waals surface area (Å²) in [6, 6.07) is 3.01. The van der Waals surface area contributed by atoms with E-state index in [1.54, 1.807) is 19.2 Å². The second-order valence-corrected chi connectivity index (χ2v) is 4.35. The minimum atomic E-state index is -0.455. The smallest absolute Gasteiger partial charge is 0.326 e. The monoisotopic (exact) mass is 285 g/mol. The van der Waals surface area contributed by atoms with E-state index >= 15 is 0 Å². The van der Waals surface area contributed by atoms with Crippen molar-refractivity contribution in [2.75, 3.05) is 6.61 Å². The number of pyridine rings is 1. The fraction of sp³-hybridized carbons (Fsp3) is 0.273. The molecule has 5 heteroatoms. The lowest BCUT2D eigenvalue weighted by atomic mass is 10.4. The Kier molecular flexibility index (Phi) is 4.49. The molecule has 1 rings (SSSR count). The lowest BCUT2D eigenvalue weighted by molar-refractivity contribution is -0.143. The van der Waals surface area contributed by atoms with Crippen molar-refractivity contribution in [3.05, 3.63) is 45.3 Å². The van der Waals surface area contributed by atoms with E-state index in [4.69, 9.17) is 4.74 Å². The van der Waals surface area contributed by atoms with Gasteiger partial charge < -0.3 is 9.30 Å². The number of hydrogen-bond donors (Lipinski definition) is 0. The third kappa shape index (κ3) is 4.02. The summed E-state index contributed by atoms with van der Waals surface area (Å²) in [6.45, 7) is 5.47. The largest absolute Gasteiger partial charge is 0.460 e. The van der Waals surface area contributed by atoms with Crippen molar-refractivity contribution >= 4 is 21.9 Å². The summed E-state index contributed by atoms with van der Waals surface area (Å²) in [5, 5.41) is 0. The SMILES string of the molecule is C=C(C)COC(=O)Cn1cc(Br)ccc1=O. The Labute approximate surface area is 102 Å². The Bertz CT molecular complexity index is 465. The van der Waals surface area contributed by atoms with Crippen molar-refractivity contribution in [3.63, 3.8) is 0 Å². The molecule has 0 aliphatic heterocycles. The van der Waals surface area contributed by atoms with E-state index in [1.165, 1.54) is 10.6 Å². The van der Waals surface area contributed by atoms with Gasteiger partial charge in [0.1, 0.15) is 13.2 Å². The van der Waals surface area contributed by atoms with Gasteiger partial charge in [0.05, 0.1) is 0 Å². The van der Waals surface area contributed by atoms with E-state index in [9.17, 15) is 9.59 Å². The second-order valence-electron chi connectivity index (χ2n) is 3.43. The van der Waals surface area contributed by atoms with Crippen molar-refractivity contribution < 1.29 is 9.53 Å². The molecule has 0 fully saturated rings. The van der Waals surface area contributed by atoms with E-state index in [2.05, 4.69) is 22.5 Å². The Morgan fingerprint density at radius 3 is 2.88 bits per heavy atom. The molecule has 0 aliphatic carbocycles. The van der Waals surface area contributed by atoms with Gasteiger partial charge in [-0.15, -0.1) is 0 Å². The Hall–Kier alpha value is -1.36. The number of nitrogens with zero attached hydrogens (tertiary/aromatic N) is 1. The topological polar surface area (TPSA) is 48.3 Å². The molecule has 0 aromatic carbocycles. The number of esters is 1.